The van der Waals surface area contributed by atoms with E-state index >= 15 is 0 Å². The average molecular weight is 281 g/mol. The van der Waals surface area contributed by atoms with Gasteiger partial charge in [-0.05, 0) is 41.2 Å². The van der Waals surface area contributed by atoms with Gasteiger partial charge in [0.05, 0.1) is 0 Å². The normalized spacial score (nSPS) is 14.3. The lowest BCUT2D eigenvalue weighted by molar-refractivity contribution is -0.121. The van der Waals surface area contributed by atoms with Crippen molar-refractivity contribution in [3.8, 4) is 0 Å². The van der Waals surface area contributed by atoms with Crippen LogP contribution in [0.1, 0.15) is 43.7 Å². The zero-order valence-corrected chi connectivity index (χ0v) is 12.7. The van der Waals surface area contributed by atoms with Crippen LogP contribution in [0.25, 0.3) is 10.8 Å². The summed E-state index contributed by atoms with van der Waals surface area (Å²) in [4.78, 5) is 12.0. The van der Waals surface area contributed by atoms with E-state index < -0.39 is 0 Å². The Morgan fingerprint density at radius 1 is 1.10 bits per heavy atom. The molecule has 0 spiro atoms. The van der Waals surface area contributed by atoms with Crippen molar-refractivity contribution in [2.45, 2.75) is 51.5 Å². The quantitative estimate of drug-likeness (QED) is 0.825. The molecule has 1 N–H and O–H groups in total. The maximum Gasteiger partial charge on any atom is 0.220 e. The zero-order valence-electron chi connectivity index (χ0n) is 12.7. The number of carbonyl (C=O) groups is 1. The van der Waals surface area contributed by atoms with Crippen molar-refractivity contribution in [2.75, 3.05) is 0 Å². The summed E-state index contributed by atoms with van der Waals surface area (Å²) < 4.78 is 0. The van der Waals surface area contributed by atoms with Crippen molar-refractivity contribution >= 4 is 16.7 Å². The van der Waals surface area contributed by atoms with Gasteiger partial charge in [-0.2, -0.15) is 0 Å². The highest BCUT2D eigenvalue weighted by molar-refractivity contribution is 5.90. The largest absolute Gasteiger partial charge is 0.353 e. The molecule has 0 saturated carbocycles. The van der Waals surface area contributed by atoms with E-state index in [-0.39, 0.29) is 11.9 Å². The fourth-order valence-corrected chi connectivity index (χ4v) is 3.38. The second kappa shape index (κ2) is 6.30. The minimum absolute atomic E-state index is 0.208. The van der Waals surface area contributed by atoms with Crippen LogP contribution in [0.5, 0.6) is 0 Å². The lowest BCUT2D eigenvalue weighted by Gasteiger charge is -2.26. The number of hydrogen-bond acceptors (Lipinski definition) is 1. The summed E-state index contributed by atoms with van der Waals surface area (Å²) in [7, 11) is 0. The highest BCUT2D eigenvalue weighted by atomic mass is 16.1. The second-order valence-corrected chi connectivity index (χ2v) is 6.06. The van der Waals surface area contributed by atoms with Crippen LogP contribution in [-0.2, 0) is 17.6 Å². The molecule has 1 aliphatic carbocycles. The first-order chi connectivity index (χ1) is 10.3. The summed E-state index contributed by atoms with van der Waals surface area (Å²) in [6, 6.07) is 13.2. The molecule has 0 atom stereocenters. The fraction of sp³-hybridized carbons (Fsp3) is 0.421. The smallest absolute Gasteiger partial charge is 0.220 e. The van der Waals surface area contributed by atoms with Gasteiger partial charge in [0, 0.05) is 12.5 Å². The molecule has 0 saturated heterocycles. The molecule has 2 nitrogen and oxygen atoms in total. The van der Waals surface area contributed by atoms with Crippen molar-refractivity contribution in [1.82, 2.24) is 5.32 Å². The van der Waals surface area contributed by atoms with E-state index in [4.69, 9.17) is 0 Å². The van der Waals surface area contributed by atoms with Crippen LogP contribution < -0.4 is 5.32 Å². The van der Waals surface area contributed by atoms with E-state index in [0.29, 0.717) is 6.42 Å². The predicted octanol–water partition coefficient (Wildman–Crippen LogP) is 4.00. The lowest BCUT2D eigenvalue weighted by Crippen LogP contribution is -2.39. The molecule has 21 heavy (non-hydrogen) atoms. The minimum atomic E-state index is 0.208. The third-order valence-electron chi connectivity index (χ3n) is 4.38. The van der Waals surface area contributed by atoms with Gasteiger partial charge in [-0.1, -0.05) is 56.2 Å². The number of rotatable bonds is 5. The molecule has 2 aromatic rings. The fourth-order valence-electron chi connectivity index (χ4n) is 3.38. The van der Waals surface area contributed by atoms with Gasteiger partial charge in [-0.25, -0.2) is 0 Å². The number of amides is 1. The number of hydrogen-bond donors (Lipinski definition) is 1. The van der Waals surface area contributed by atoms with Gasteiger partial charge in [-0.15, -0.1) is 0 Å². The van der Waals surface area contributed by atoms with E-state index in [9.17, 15) is 4.79 Å². The number of carbonyl (C=O) groups excluding carboxylic acids is 1. The molecular weight excluding hydrogens is 258 g/mol. The third kappa shape index (κ3) is 3.10. The molecule has 110 valence electrons. The predicted molar refractivity (Wildman–Crippen MR) is 87.4 cm³/mol. The van der Waals surface area contributed by atoms with E-state index in [1.165, 1.54) is 21.9 Å². The van der Waals surface area contributed by atoms with Gasteiger partial charge in [-0.3, -0.25) is 4.79 Å². The van der Waals surface area contributed by atoms with Crippen LogP contribution in [0.15, 0.2) is 36.4 Å². The highest BCUT2D eigenvalue weighted by Gasteiger charge is 2.21. The van der Waals surface area contributed by atoms with E-state index in [1.807, 2.05) is 0 Å². The minimum Gasteiger partial charge on any atom is -0.353 e. The van der Waals surface area contributed by atoms with E-state index in [1.54, 1.807) is 0 Å². The molecule has 3 rings (SSSR count). The summed E-state index contributed by atoms with van der Waals surface area (Å²) in [5.74, 6) is 0.208. The number of nitrogens with one attached hydrogen (secondary N) is 1. The van der Waals surface area contributed by atoms with Crippen LogP contribution in [-0.4, -0.2) is 11.9 Å². The average Bonchev–Trinajstić information content (AvgIpc) is 2.48. The summed E-state index contributed by atoms with van der Waals surface area (Å²) in [6.45, 7) is 2.16. The first-order valence-corrected chi connectivity index (χ1v) is 8.07. The van der Waals surface area contributed by atoms with Crippen LogP contribution in [0, 0.1) is 0 Å². The van der Waals surface area contributed by atoms with Gasteiger partial charge in [0.15, 0.2) is 0 Å². The van der Waals surface area contributed by atoms with Crippen molar-refractivity contribution in [3.63, 3.8) is 0 Å². The molecule has 2 heteroatoms. The van der Waals surface area contributed by atoms with Crippen LogP contribution in [0.4, 0.5) is 0 Å². The Labute approximate surface area is 126 Å². The number of unbranched alkanes of at least 4 members (excludes halogenated alkanes) is 2. The first kappa shape index (κ1) is 14.1. The van der Waals surface area contributed by atoms with E-state index in [2.05, 4.69) is 48.6 Å². The molecule has 1 amide bonds. The van der Waals surface area contributed by atoms with E-state index in [0.717, 1.165) is 32.1 Å². The standard InChI is InChI=1S/C19H23NO/c1-2-3-4-11-18(21)20-17-12-15-9-5-7-14-8-6-10-16(13-17)19(14)15/h5-10,17H,2-4,11-13H2,1H3,(H,20,21). The van der Waals surface area contributed by atoms with Gasteiger partial charge < -0.3 is 5.32 Å². The Morgan fingerprint density at radius 2 is 1.76 bits per heavy atom. The lowest BCUT2D eigenvalue weighted by atomic mass is 9.85. The maximum atomic E-state index is 12.0. The topological polar surface area (TPSA) is 29.1 Å². The molecule has 0 fully saturated rings. The Bertz CT molecular complexity index is 606. The van der Waals surface area contributed by atoms with Gasteiger partial charge in [0.1, 0.15) is 0 Å². The summed E-state index contributed by atoms with van der Waals surface area (Å²) in [5.41, 5.74) is 2.74. The molecule has 1 aliphatic rings. The van der Waals surface area contributed by atoms with Crippen molar-refractivity contribution in [2.24, 2.45) is 0 Å². The molecule has 0 radical (unpaired) electrons. The van der Waals surface area contributed by atoms with Gasteiger partial charge >= 0.3 is 0 Å². The Kier molecular flexibility index (Phi) is 4.23. The molecule has 0 aliphatic heterocycles. The first-order valence-electron chi connectivity index (χ1n) is 8.07. The molecule has 0 unspecified atom stereocenters. The monoisotopic (exact) mass is 281 g/mol. The Balaban J connectivity index is 1.71. The summed E-state index contributed by atoms with van der Waals surface area (Å²) in [5, 5.41) is 5.94. The Hall–Kier alpha value is -1.83. The molecular formula is C19H23NO. The Morgan fingerprint density at radius 3 is 2.38 bits per heavy atom. The van der Waals surface area contributed by atoms with Gasteiger partial charge in [0.2, 0.25) is 5.91 Å². The van der Waals surface area contributed by atoms with Crippen LogP contribution >= 0.6 is 0 Å². The maximum absolute atomic E-state index is 12.0. The number of benzene rings is 2. The zero-order chi connectivity index (χ0) is 14.7. The second-order valence-electron chi connectivity index (χ2n) is 6.06. The third-order valence-corrected chi connectivity index (χ3v) is 4.38. The molecule has 2 aromatic carbocycles. The van der Waals surface area contributed by atoms with Crippen molar-refractivity contribution < 1.29 is 4.79 Å². The summed E-state index contributed by atoms with van der Waals surface area (Å²) in [6.07, 6.45) is 5.87. The molecule has 0 bridgehead atoms. The SMILES string of the molecule is CCCCCC(=O)NC1Cc2cccc3cccc(c23)C1. The molecule has 0 aromatic heterocycles. The van der Waals surface area contributed by atoms with Gasteiger partial charge in [0.25, 0.3) is 0 Å². The van der Waals surface area contributed by atoms with Crippen LogP contribution in [0.3, 0.4) is 0 Å². The van der Waals surface area contributed by atoms with Crippen molar-refractivity contribution in [3.05, 3.63) is 47.5 Å². The van der Waals surface area contributed by atoms with Crippen molar-refractivity contribution in [1.29, 1.82) is 0 Å². The molecule has 0 heterocycles. The summed E-state index contributed by atoms with van der Waals surface area (Å²) >= 11 is 0. The van der Waals surface area contributed by atoms with Crippen LogP contribution in [0.2, 0.25) is 0 Å². The highest BCUT2D eigenvalue weighted by Crippen LogP contribution is 2.29.